The summed E-state index contributed by atoms with van der Waals surface area (Å²) in [6.07, 6.45) is -0.00399. The monoisotopic (exact) mass is 576 g/mol. The molecular weight excluding hydrogens is 544 g/mol. The van der Waals surface area contributed by atoms with E-state index in [2.05, 4.69) is 20.4 Å². The number of aryl methyl sites for hydroxylation is 1. The van der Waals surface area contributed by atoms with Crippen LogP contribution in [0.1, 0.15) is 24.6 Å². The first-order valence-electron chi connectivity index (χ1n) is 13.7. The van der Waals surface area contributed by atoms with E-state index in [1.54, 1.807) is 35.1 Å². The first-order valence-corrected chi connectivity index (χ1v) is 13.7. The smallest absolute Gasteiger partial charge is 0.410 e. The third-order valence-electron chi connectivity index (χ3n) is 7.70. The van der Waals surface area contributed by atoms with E-state index in [0.29, 0.717) is 48.2 Å². The fourth-order valence-corrected chi connectivity index (χ4v) is 5.46. The summed E-state index contributed by atoms with van der Waals surface area (Å²) in [5.41, 5.74) is 8.68. The first kappa shape index (κ1) is 27.6. The predicted octanol–water partition coefficient (Wildman–Crippen LogP) is 0.951. The molecule has 6 rings (SSSR count). The summed E-state index contributed by atoms with van der Waals surface area (Å²) in [5.74, 6) is -0.332. The molecule has 0 unspecified atom stereocenters. The summed E-state index contributed by atoms with van der Waals surface area (Å²) in [5, 5.41) is 29.6. The van der Waals surface area contributed by atoms with Crippen LogP contribution in [0.4, 0.5) is 10.6 Å². The number of nitrogens with one attached hydrogen (secondary N) is 1. The number of likely N-dealkylation sites (tertiary alicyclic amines) is 1. The van der Waals surface area contributed by atoms with Crippen molar-refractivity contribution in [2.75, 3.05) is 18.8 Å². The van der Waals surface area contributed by atoms with Crippen molar-refractivity contribution >= 4 is 28.9 Å². The van der Waals surface area contributed by atoms with E-state index in [0.717, 1.165) is 5.56 Å². The number of rotatable bonds is 6. The van der Waals surface area contributed by atoms with Crippen LogP contribution in [0.15, 0.2) is 55.1 Å². The number of nitrogen functional groups attached to an aromatic ring is 1. The van der Waals surface area contributed by atoms with E-state index in [-0.39, 0.29) is 18.5 Å². The van der Waals surface area contributed by atoms with Crippen molar-refractivity contribution in [3.8, 4) is 11.3 Å². The number of aliphatic hydroxyl groups is 2. The first-order chi connectivity index (χ1) is 20.3. The molecule has 14 heteroatoms. The lowest BCUT2D eigenvalue weighted by molar-refractivity contribution is -0.138. The molecule has 0 saturated carbocycles. The zero-order valence-corrected chi connectivity index (χ0v) is 22.9. The summed E-state index contributed by atoms with van der Waals surface area (Å²) >= 11 is 0. The number of carbonyl (C=O) groups is 2. The van der Waals surface area contributed by atoms with E-state index < -0.39 is 36.5 Å². The summed E-state index contributed by atoms with van der Waals surface area (Å²) in [7, 11) is 1.79. The Labute approximate surface area is 240 Å². The average Bonchev–Trinajstić information content (AvgIpc) is 3.68. The summed E-state index contributed by atoms with van der Waals surface area (Å²) < 4.78 is 14.5. The molecule has 2 aliphatic rings. The highest BCUT2D eigenvalue weighted by Gasteiger charge is 2.48. The fraction of sp³-hybridized carbons (Fsp3) is 0.393. The van der Waals surface area contributed by atoms with Gasteiger partial charge in [0.1, 0.15) is 36.6 Å². The van der Waals surface area contributed by atoms with Crippen molar-refractivity contribution in [2.24, 2.45) is 7.05 Å². The minimum Gasteiger partial charge on any atom is -0.445 e. The van der Waals surface area contributed by atoms with E-state index in [9.17, 15) is 19.8 Å². The predicted molar refractivity (Wildman–Crippen MR) is 149 cm³/mol. The Morgan fingerprint density at radius 3 is 2.60 bits per heavy atom. The van der Waals surface area contributed by atoms with Crippen LogP contribution in [-0.4, -0.2) is 88.9 Å². The summed E-state index contributed by atoms with van der Waals surface area (Å²) in [6.45, 7) is 1.00. The molecule has 0 spiro atoms. The Hall–Kier alpha value is -4.53. The Morgan fingerprint density at radius 1 is 1.12 bits per heavy atom. The lowest BCUT2D eigenvalue weighted by Gasteiger charge is -2.32. The maximum atomic E-state index is 13.2. The number of nitrogens with two attached hydrogens (primary N) is 1. The van der Waals surface area contributed by atoms with Crippen molar-refractivity contribution in [3.63, 3.8) is 0 Å². The van der Waals surface area contributed by atoms with Crippen LogP contribution in [-0.2, 0) is 27.9 Å². The van der Waals surface area contributed by atoms with E-state index in [1.807, 2.05) is 30.3 Å². The number of amides is 2. The topological polar surface area (TPSA) is 183 Å². The van der Waals surface area contributed by atoms with Gasteiger partial charge in [0.25, 0.3) is 5.91 Å². The number of nitrogens with zero attached hydrogens (tertiary/aromatic N) is 6. The second kappa shape index (κ2) is 11.4. The lowest BCUT2D eigenvalue weighted by atomic mass is 10.0. The highest BCUT2D eigenvalue weighted by molar-refractivity contribution is 5.99. The minimum atomic E-state index is -1.49. The molecule has 4 atom stereocenters. The second-order valence-corrected chi connectivity index (χ2v) is 10.5. The van der Waals surface area contributed by atoms with Crippen molar-refractivity contribution in [1.29, 1.82) is 0 Å². The molecule has 220 valence electrons. The number of fused-ring (bicyclic) bond motifs is 1. The van der Waals surface area contributed by atoms with Crippen molar-refractivity contribution in [3.05, 3.63) is 60.7 Å². The van der Waals surface area contributed by atoms with Crippen LogP contribution in [0.2, 0.25) is 0 Å². The van der Waals surface area contributed by atoms with Gasteiger partial charge < -0.3 is 40.2 Å². The quantitative estimate of drug-likeness (QED) is 0.258. The Bertz CT molecular complexity index is 1580. The average molecular weight is 577 g/mol. The molecule has 2 aliphatic heterocycles. The molecule has 14 nitrogen and oxygen atoms in total. The van der Waals surface area contributed by atoms with Gasteiger partial charge in [-0.2, -0.15) is 5.10 Å². The number of aromatic nitrogens is 5. The van der Waals surface area contributed by atoms with Gasteiger partial charge in [-0.3, -0.25) is 9.48 Å². The molecule has 2 fully saturated rings. The van der Waals surface area contributed by atoms with Crippen LogP contribution in [0, 0.1) is 0 Å². The molecule has 2 saturated heterocycles. The number of piperidine rings is 1. The van der Waals surface area contributed by atoms with Gasteiger partial charge in [0, 0.05) is 44.1 Å². The van der Waals surface area contributed by atoms with Crippen LogP contribution in [0.3, 0.4) is 0 Å². The van der Waals surface area contributed by atoms with E-state index in [4.69, 9.17) is 15.2 Å². The van der Waals surface area contributed by atoms with Crippen LogP contribution < -0.4 is 11.1 Å². The van der Waals surface area contributed by atoms with Crippen molar-refractivity contribution in [1.82, 2.24) is 34.5 Å². The van der Waals surface area contributed by atoms with Gasteiger partial charge in [0.15, 0.2) is 12.3 Å². The Morgan fingerprint density at radius 2 is 1.88 bits per heavy atom. The normalized spacial score (nSPS) is 22.9. The number of aliphatic hydroxyl groups excluding tert-OH is 2. The van der Waals surface area contributed by atoms with E-state index >= 15 is 0 Å². The van der Waals surface area contributed by atoms with Gasteiger partial charge in [-0.15, -0.1) is 0 Å². The molecule has 1 aromatic carbocycles. The van der Waals surface area contributed by atoms with Gasteiger partial charge in [0.05, 0.1) is 11.1 Å². The largest absolute Gasteiger partial charge is 0.445 e. The van der Waals surface area contributed by atoms with E-state index in [1.165, 1.54) is 10.9 Å². The molecule has 42 heavy (non-hydrogen) atoms. The maximum Gasteiger partial charge on any atom is 0.410 e. The third-order valence-corrected chi connectivity index (χ3v) is 7.70. The number of benzene rings is 1. The second-order valence-electron chi connectivity index (χ2n) is 10.5. The summed E-state index contributed by atoms with van der Waals surface area (Å²) in [6, 6.07) is 11.0. The highest BCUT2D eigenvalue weighted by atomic mass is 16.6. The maximum absolute atomic E-state index is 13.2. The number of hydrogen-bond acceptors (Lipinski definition) is 10. The van der Waals surface area contributed by atoms with Gasteiger partial charge in [0.2, 0.25) is 0 Å². The van der Waals surface area contributed by atoms with Crippen LogP contribution in [0.5, 0.6) is 0 Å². The number of hydrogen-bond donors (Lipinski definition) is 4. The zero-order valence-electron chi connectivity index (χ0n) is 22.9. The highest BCUT2D eigenvalue weighted by Crippen LogP contribution is 2.38. The third kappa shape index (κ3) is 5.26. The SMILES string of the molecule is Cn1ccc(-c2cn([C@@H]3O[C@H](C(=O)NC4CCN(C(=O)OCc5ccccc5)CC4)[C@@H](O)[C@H]3O)c3ncnc(N)c23)n1. The number of anilines is 1. The molecule has 0 aliphatic carbocycles. The molecule has 0 bridgehead atoms. The molecule has 5 heterocycles. The Kier molecular flexibility index (Phi) is 7.49. The van der Waals surface area contributed by atoms with Crippen molar-refractivity contribution in [2.45, 2.75) is 50.0 Å². The molecule has 2 amide bonds. The zero-order chi connectivity index (χ0) is 29.4. The molecule has 3 aromatic heterocycles. The van der Waals surface area contributed by atoms with Gasteiger partial charge >= 0.3 is 6.09 Å². The molecule has 0 radical (unpaired) electrons. The van der Waals surface area contributed by atoms with Crippen LogP contribution >= 0.6 is 0 Å². The van der Waals surface area contributed by atoms with Gasteiger partial charge in [-0.25, -0.2) is 14.8 Å². The Balaban J connectivity index is 1.10. The fourth-order valence-electron chi connectivity index (χ4n) is 5.46. The lowest BCUT2D eigenvalue weighted by Crippen LogP contribution is -2.51. The van der Waals surface area contributed by atoms with Crippen LogP contribution in [0.25, 0.3) is 22.3 Å². The molecule has 5 N–H and O–H groups in total. The van der Waals surface area contributed by atoms with Gasteiger partial charge in [-0.1, -0.05) is 30.3 Å². The number of ether oxygens (including phenoxy) is 2. The number of carbonyl (C=O) groups excluding carboxylic acids is 2. The minimum absolute atomic E-state index is 0.190. The standard InChI is InChI=1S/C28H32N8O6/c1-34-10-9-19(33-34)18-13-36(25-20(18)24(29)30-15-31-25)27-22(38)21(37)23(42-27)26(39)32-17-7-11-35(12-8-17)28(40)41-14-16-5-3-2-4-6-16/h2-6,9-10,13,15,17,21-23,27,37-38H,7-8,11-12,14H2,1H3,(H,32,39)(H2,29,30,31)/t21-,22+,23-,27+/m0/s1. The molecule has 4 aromatic rings. The molecular formula is C28H32N8O6. The summed E-state index contributed by atoms with van der Waals surface area (Å²) in [4.78, 5) is 35.7. The van der Waals surface area contributed by atoms with Crippen molar-refractivity contribution < 1.29 is 29.3 Å². The van der Waals surface area contributed by atoms with Gasteiger partial charge in [-0.05, 0) is 24.5 Å².